The molecule has 0 aliphatic carbocycles. The minimum Gasteiger partial charge on any atom is -0.448 e. The number of β-lactam (4-membered cyclic amide) rings is 1. The van der Waals surface area contributed by atoms with E-state index in [1.165, 1.54) is 28.4 Å². The summed E-state index contributed by atoms with van der Waals surface area (Å²) >= 11 is 2.77. The predicted octanol–water partition coefficient (Wildman–Crippen LogP) is 4.09. The first-order valence-corrected chi connectivity index (χ1v) is 15.2. The second kappa shape index (κ2) is 12.3. The zero-order valence-electron chi connectivity index (χ0n) is 22.6. The summed E-state index contributed by atoms with van der Waals surface area (Å²) in [6, 6.07) is 27.6. The number of fused-ring (bicyclic) bond motifs is 1. The summed E-state index contributed by atoms with van der Waals surface area (Å²) in [6.07, 6.45) is 1.06. The van der Waals surface area contributed by atoms with Crippen molar-refractivity contribution in [2.45, 2.75) is 29.1 Å². The van der Waals surface area contributed by atoms with Crippen molar-refractivity contribution in [1.82, 2.24) is 25.0 Å². The van der Waals surface area contributed by atoms with Crippen molar-refractivity contribution in [3.8, 4) is 0 Å². The van der Waals surface area contributed by atoms with Gasteiger partial charge in [0.25, 0.3) is 5.91 Å². The van der Waals surface area contributed by atoms with Crippen molar-refractivity contribution in [2.75, 3.05) is 5.75 Å². The van der Waals surface area contributed by atoms with Gasteiger partial charge in [-0.3, -0.25) is 14.5 Å². The Kier molecular flexibility index (Phi) is 8.11. The molecule has 1 aromatic heterocycles. The number of nitrogens with zero attached hydrogens (tertiary/aromatic N) is 4. The number of hydrogen-bond acceptors (Lipinski definition) is 8. The Hall–Kier alpha value is -4.35. The number of hydrogen-bond donors (Lipinski definition) is 1. The molecule has 0 saturated carbocycles. The third-order valence-electron chi connectivity index (χ3n) is 6.96. The molecule has 2 aliphatic rings. The van der Waals surface area contributed by atoms with Crippen LogP contribution in [0.1, 0.15) is 22.8 Å². The Labute approximate surface area is 251 Å². The molecule has 11 heteroatoms. The fraction of sp³-hybridized carbons (Fsp3) is 0.194. The molecule has 2 aliphatic heterocycles. The van der Waals surface area contributed by atoms with Gasteiger partial charge < -0.3 is 14.6 Å². The van der Waals surface area contributed by atoms with Crippen molar-refractivity contribution >= 4 is 41.3 Å². The minimum atomic E-state index is -0.741. The van der Waals surface area contributed by atoms with Crippen LogP contribution in [0.2, 0.25) is 0 Å². The first kappa shape index (κ1) is 27.8. The third kappa shape index (κ3) is 5.70. The highest BCUT2D eigenvalue weighted by Crippen LogP contribution is 2.45. The number of aromatic nitrogens is 3. The number of rotatable bonds is 9. The maximum absolute atomic E-state index is 14.1. The Balaban J connectivity index is 1.29. The van der Waals surface area contributed by atoms with Crippen molar-refractivity contribution < 1.29 is 19.1 Å². The number of thioether (sulfide) groups is 2. The highest BCUT2D eigenvalue weighted by Gasteiger charge is 2.55. The van der Waals surface area contributed by atoms with Crippen LogP contribution < -0.4 is 5.32 Å². The highest BCUT2D eigenvalue weighted by atomic mass is 32.2. The van der Waals surface area contributed by atoms with E-state index in [4.69, 9.17) is 4.74 Å². The summed E-state index contributed by atoms with van der Waals surface area (Å²) < 4.78 is 7.94. The summed E-state index contributed by atoms with van der Waals surface area (Å²) in [7, 11) is 1.81. The van der Waals surface area contributed by atoms with Crippen LogP contribution in [0.25, 0.3) is 0 Å². The summed E-state index contributed by atoms with van der Waals surface area (Å²) in [5.41, 5.74) is 2.64. The maximum atomic E-state index is 14.1. The minimum absolute atomic E-state index is 0.163. The molecule has 2 amide bonds. The molecule has 0 radical (unpaired) electrons. The van der Waals surface area contributed by atoms with Crippen LogP contribution >= 0.6 is 23.5 Å². The van der Waals surface area contributed by atoms with Crippen LogP contribution in [0.15, 0.2) is 113 Å². The largest absolute Gasteiger partial charge is 0.448 e. The third-order valence-corrected chi connectivity index (χ3v) is 9.56. The van der Waals surface area contributed by atoms with Crippen LogP contribution in [-0.4, -0.2) is 54.6 Å². The second-order valence-corrected chi connectivity index (χ2v) is 12.0. The summed E-state index contributed by atoms with van der Waals surface area (Å²) in [6.45, 7) is 0. The van der Waals surface area contributed by atoms with Gasteiger partial charge in [0.1, 0.15) is 23.4 Å². The fourth-order valence-electron chi connectivity index (χ4n) is 4.89. The lowest BCUT2D eigenvalue weighted by molar-refractivity contribution is -0.154. The molecule has 3 heterocycles. The van der Waals surface area contributed by atoms with E-state index in [-0.39, 0.29) is 23.9 Å². The van der Waals surface area contributed by atoms with Crippen LogP contribution in [-0.2, 0) is 32.6 Å². The Morgan fingerprint density at radius 3 is 2.21 bits per heavy atom. The lowest BCUT2D eigenvalue weighted by atomic mass is 10.0. The zero-order chi connectivity index (χ0) is 29.1. The Morgan fingerprint density at radius 1 is 1.00 bits per heavy atom. The van der Waals surface area contributed by atoms with Crippen LogP contribution in [0.4, 0.5) is 0 Å². The molecule has 0 unspecified atom stereocenters. The number of amides is 2. The molecule has 9 nitrogen and oxygen atoms in total. The topological polar surface area (TPSA) is 106 Å². The smallest absolute Gasteiger partial charge is 0.356 e. The van der Waals surface area contributed by atoms with Gasteiger partial charge in [-0.15, -0.1) is 22.0 Å². The number of aryl methyl sites for hydroxylation is 1. The van der Waals surface area contributed by atoms with E-state index in [1.54, 1.807) is 10.9 Å². The van der Waals surface area contributed by atoms with Crippen LogP contribution in [0.3, 0.4) is 0 Å². The number of carbonyl (C=O) groups is 3. The molecular formula is C31H27N5O4S2. The molecule has 1 saturated heterocycles. The first-order chi connectivity index (χ1) is 20.5. The second-order valence-electron chi connectivity index (χ2n) is 9.82. The van der Waals surface area contributed by atoms with E-state index < -0.39 is 23.5 Å². The maximum Gasteiger partial charge on any atom is 0.356 e. The van der Waals surface area contributed by atoms with Crippen molar-refractivity contribution in [2.24, 2.45) is 7.05 Å². The van der Waals surface area contributed by atoms with Gasteiger partial charge in [0.2, 0.25) is 5.91 Å². The number of esters is 1. The van der Waals surface area contributed by atoms with Gasteiger partial charge >= 0.3 is 5.97 Å². The highest BCUT2D eigenvalue weighted by molar-refractivity contribution is 8.06. The van der Waals surface area contributed by atoms with Gasteiger partial charge in [-0.25, -0.2) is 4.79 Å². The van der Waals surface area contributed by atoms with Crippen molar-refractivity contribution in [3.63, 3.8) is 0 Å². The van der Waals surface area contributed by atoms with Gasteiger partial charge in [0.15, 0.2) is 11.3 Å². The van der Waals surface area contributed by atoms with Gasteiger partial charge in [-0.2, -0.15) is 0 Å². The van der Waals surface area contributed by atoms with Gasteiger partial charge in [0.05, 0.1) is 6.42 Å². The van der Waals surface area contributed by atoms with E-state index in [2.05, 4.69) is 15.5 Å². The number of ether oxygens (including phenoxy) is 1. The monoisotopic (exact) mass is 597 g/mol. The standard InChI is InChI=1S/C31H27N5O4S2/c1-35-19-32-34-31(35)42-23-18-41-29-25(33-24(37)17-20-11-5-2-6-12-20)28(38)36(29)26(23)30(39)40-27(21-13-7-3-8-14-21)22-15-9-4-10-16-22/h2-16,19,25,27,29H,17-18H2,1H3,(H,33,37)/t25-,29-/m1/s1. The lowest BCUT2D eigenvalue weighted by Crippen LogP contribution is -2.70. The molecule has 3 aromatic carbocycles. The molecule has 6 rings (SSSR count). The molecule has 1 fully saturated rings. The molecule has 42 heavy (non-hydrogen) atoms. The molecule has 4 aromatic rings. The van der Waals surface area contributed by atoms with Gasteiger partial charge in [0, 0.05) is 17.7 Å². The van der Waals surface area contributed by atoms with Crippen LogP contribution in [0, 0.1) is 0 Å². The molecule has 212 valence electrons. The molecule has 1 N–H and O–H groups in total. The first-order valence-electron chi connectivity index (χ1n) is 13.3. The number of benzene rings is 3. The van der Waals surface area contributed by atoms with Crippen molar-refractivity contribution in [1.29, 1.82) is 0 Å². The molecular weight excluding hydrogens is 571 g/mol. The number of nitrogens with one attached hydrogen (secondary N) is 1. The van der Waals surface area contributed by atoms with E-state index in [0.717, 1.165) is 16.7 Å². The summed E-state index contributed by atoms with van der Waals surface area (Å²) in [5.74, 6) is -0.791. The average molecular weight is 598 g/mol. The van der Waals surface area contributed by atoms with Crippen LogP contribution in [0.5, 0.6) is 0 Å². The lowest BCUT2D eigenvalue weighted by Gasteiger charge is -2.49. The molecule has 0 bridgehead atoms. The van der Waals surface area contributed by atoms with E-state index in [0.29, 0.717) is 15.8 Å². The summed E-state index contributed by atoms with van der Waals surface area (Å²) in [5, 5.41) is 11.1. The average Bonchev–Trinajstić information content (AvgIpc) is 3.43. The van der Waals surface area contributed by atoms with E-state index >= 15 is 0 Å². The predicted molar refractivity (Wildman–Crippen MR) is 160 cm³/mol. The Bertz CT molecular complexity index is 1590. The quantitative estimate of drug-likeness (QED) is 0.227. The summed E-state index contributed by atoms with van der Waals surface area (Å²) in [4.78, 5) is 42.5. The fourth-order valence-corrected chi connectivity index (χ4v) is 7.30. The number of carbonyl (C=O) groups excluding carboxylic acids is 3. The van der Waals surface area contributed by atoms with Crippen molar-refractivity contribution in [3.05, 3.63) is 125 Å². The van der Waals surface area contributed by atoms with Gasteiger partial charge in [-0.05, 0) is 16.7 Å². The zero-order valence-corrected chi connectivity index (χ0v) is 24.3. The Morgan fingerprint density at radius 2 is 1.62 bits per heavy atom. The molecule has 2 atom stereocenters. The normalized spacial score (nSPS) is 18.0. The van der Waals surface area contributed by atoms with Gasteiger partial charge in [-0.1, -0.05) is 103 Å². The SMILES string of the molecule is Cn1cnnc1SC1=C(C(=O)OC(c2ccccc2)c2ccccc2)N2C(=O)[C@@H](NC(=O)Cc3ccccc3)[C@H]2SC1. The molecule has 0 spiro atoms. The van der Waals surface area contributed by atoms with E-state index in [1.807, 2.05) is 98.0 Å². The van der Waals surface area contributed by atoms with E-state index in [9.17, 15) is 14.4 Å².